The van der Waals surface area contributed by atoms with Gasteiger partial charge in [-0.3, -0.25) is 0 Å². The van der Waals surface area contributed by atoms with Crippen LogP contribution < -0.4 is 5.32 Å². The first kappa shape index (κ1) is 16.5. The minimum absolute atomic E-state index is 0.375. The molecule has 6 heteroatoms. The molecule has 2 N–H and O–H groups in total. The van der Waals surface area contributed by atoms with Crippen LogP contribution in [0.15, 0.2) is 17.2 Å². The Hall–Kier alpha value is -0.850. The Bertz CT molecular complexity index is 551. The first-order valence-corrected chi connectivity index (χ1v) is 9.24. The predicted molar refractivity (Wildman–Crippen MR) is 84.5 cm³/mol. The largest absolute Gasteiger partial charge is 0.363 e. The van der Waals surface area contributed by atoms with Crippen molar-refractivity contribution in [3.63, 3.8) is 0 Å². The Labute approximate surface area is 128 Å². The van der Waals surface area contributed by atoms with Crippen LogP contribution in [0.1, 0.15) is 45.7 Å². The smallest absolute Gasteiger partial charge is 0.244 e. The normalized spacial score (nSPS) is 21.6. The van der Waals surface area contributed by atoms with Gasteiger partial charge in [-0.15, -0.1) is 0 Å². The van der Waals surface area contributed by atoms with Crippen molar-refractivity contribution in [2.75, 3.05) is 13.1 Å². The number of aromatic nitrogens is 1. The summed E-state index contributed by atoms with van der Waals surface area (Å²) in [5.74, 6) is 0.613. The van der Waals surface area contributed by atoms with Crippen molar-refractivity contribution in [3.05, 3.63) is 18.0 Å². The number of H-pyrrole nitrogens is 1. The van der Waals surface area contributed by atoms with E-state index in [4.69, 9.17) is 0 Å². The quantitative estimate of drug-likeness (QED) is 0.877. The summed E-state index contributed by atoms with van der Waals surface area (Å²) in [6, 6.07) is 2.12. The molecule has 0 spiro atoms. The maximum Gasteiger partial charge on any atom is 0.244 e. The fraction of sp³-hybridized carbons (Fsp3) is 0.733. The molecule has 0 radical (unpaired) electrons. The van der Waals surface area contributed by atoms with Gasteiger partial charge in [-0.05, 0) is 31.2 Å². The van der Waals surface area contributed by atoms with Gasteiger partial charge in [0.15, 0.2) is 0 Å². The van der Waals surface area contributed by atoms with E-state index in [0.29, 0.717) is 36.5 Å². The summed E-state index contributed by atoms with van der Waals surface area (Å²) >= 11 is 0. The van der Waals surface area contributed by atoms with Crippen LogP contribution in [0.5, 0.6) is 0 Å². The van der Waals surface area contributed by atoms with E-state index < -0.39 is 10.0 Å². The molecular weight excluding hydrogens is 286 g/mol. The molecule has 1 atom stereocenters. The highest BCUT2D eigenvalue weighted by Crippen LogP contribution is 2.23. The van der Waals surface area contributed by atoms with Gasteiger partial charge in [-0.2, -0.15) is 4.31 Å². The summed E-state index contributed by atoms with van der Waals surface area (Å²) in [5, 5.41) is 3.28. The zero-order chi connectivity index (χ0) is 15.5. The second kappa shape index (κ2) is 6.94. The summed E-state index contributed by atoms with van der Waals surface area (Å²) in [4.78, 5) is 3.45. The highest BCUT2D eigenvalue weighted by Gasteiger charge is 2.27. The molecule has 5 nitrogen and oxygen atoms in total. The fourth-order valence-electron chi connectivity index (χ4n) is 2.61. The molecule has 1 aliphatic heterocycles. The van der Waals surface area contributed by atoms with Crippen molar-refractivity contribution in [3.8, 4) is 0 Å². The van der Waals surface area contributed by atoms with E-state index in [1.807, 2.05) is 0 Å². The number of rotatable bonds is 5. The molecule has 1 aliphatic rings. The lowest BCUT2D eigenvalue weighted by Gasteiger charge is -2.19. The summed E-state index contributed by atoms with van der Waals surface area (Å²) in [6.07, 6.45) is 4.63. The molecule has 1 saturated heterocycles. The summed E-state index contributed by atoms with van der Waals surface area (Å²) < 4.78 is 27.0. The third kappa shape index (κ3) is 4.31. The average Bonchev–Trinajstić information content (AvgIpc) is 2.79. The zero-order valence-electron chi connectivity index (χ0n) is 13.2. The Morgan fingerprint density at radius 2 is 2.14 bits per heavy atom. The highest BCUT2D eigenvalue weighted by molar-refractivity contribution is 7.89. The Balaban J connectivity index is 2.08. The second-order valence-electron chi connectivity index (χ2n) is 6.34. The minimum Gasteiger partial charge on any atom is -0.363 e. The standard InChI is InChI=1S/C15H27N3O2S/c1-12(2)16-10-14-9-15(11-17-14)21(19,20)18-7-4-5-13(3)6-8-18/h9,11-13,16-17H,4-8,10H2,1-3H3. The van der Waals surface area contributed by atoms with Gasteiger partial charge in [-0.25, -0.2) is 8.42 Å². The molecule has 1 aromatic rings. The number of hydrogen-bond acceptors (Lipinski definition) is 3. The first-order valence-electron chi connectivity index (χ1n) is 7.80. The number of hydrogen-bond donors (Lipinski definition) is 2. The molecule has 0 aromatic carbocycles. The van der Waals surface area contributed by atoms with Gasteiger partial charge in [0, 0.05) is 37.6 Å². The summed E-state index contributed by atoms with van der Waals surface area (Å²) in [5.41, 5.74) is 0.908. The predicted octanol–water partition coefficient (Wildman–Crippen LogP) is 2.32. The average molecular weight is 313 g/mol. The second-order valence-corrected chi connectivity index (χ2v) is 8.27. The van der Waals surface area contributed by atoms with Crippen LogP contribution in [0.4, 0.5) is 0 Å². The Morgan fingerprint density at radius 1 is 1.38 bits per heavy atom. The van der Waals surface area contributed by atoms with E-state index in [0.717, 1.165) is 25.0 Å². The number of nitrogens with one attached hydrogen (secondary N) is 2. The topological polar surface area (TPSA) is 65.2 Å². The third-order valence-electron chi connectivity index (χ3n) is 4.03. The minimum atomic E-state index is -3.35. The summed E-state index contributed by atoms with van der Waals surface area (Å²) in [7, 11) is -3.35. The lowest BCUT2D eigenvalue weighted by atomic mass is 10.0. The number of nitrogens with zero attached hydrogens (tertiary/aromatic N) is 1. The van der Waals surface area contributed by atoms with Crippen molar-refractivity contribution in [2.45, 2.75) is 57.5 Å². The number of sulfonamides is 1. The van der Waals surface area contributed by atoms with Crippen LogP contribution in [-0.4, -0.2) is 36.8 Å². The van der Waals surface area contributed by atoms with Crippen LogP contribution in [-0.2, 0) is 16.6 Å². The maximum atomic E-state index is 12.7. The SMILES string of the molecule is CC1CCCN(S(=O)(=O)c2c[nH]c(CNC(C)C)c2)CC1. The van der Waals surface area contributed by atoms with Crippen LogP contribution in [0.2, 0.25) is 0 Å². The van der Waals surface area contributed by atoms with Gasteiger partial charge < -0.3 is 10.3 Å². The van der Waals surface area contributed by atoms with Gasteiger partial charge in [-0.1, -0.05) is 20.8 Å². The molecule has 0 saturated carbocycles. The first-order chi connectivity index (χ1) is 9.89. The van der Waals surface area contributed by atoms with Crippen LogP contribution >= 0.6 is 0 Å². The molecule has 2 heterocycles. The van der Waals surface area contributed by atoms with E-state index in [1.54, 1.807) is 16.6 Å². The van der Waals surface area contributed by atoms with Crippen molar-refractivity contribution in [1.82, 2.24) is 14.6 Å². The van der Waals surface area contributed by atoms with E-state index in [9.17, 15) is 8.42 Å². The van der Waals surface area contributed by atoms with Crippen LogP contribution in [0, 0.1) is 5.92 Å². The van der Waals surface area contributed by atoms with Gasteiger partial charge in [0.05, 0.1) is 4.90 Å². The van der Waals surface area contributed by atoms with Crippen molar-refractivity contribution >= 4 is 10.0 Å². The zero-order valence-corrected chi connectivity index (χ0v) is 14.0. The van der Waals surface area contributed by atoms with E-state index in [1.165, 1.54) is 0 Å². The summed E-state index contributed by atoms with van der Waals surface area (Å²) in [6.45, 7) is 8.26. The lowest BCUT2D eigenvalue weighted by molar-refractivity contribution is 0.417. The van der Waals surface area contributed by atoms with Gasteiger partial charge >= 0.3 is 0 Å². The van der Waals surface area contributed by atoms with Crippen molar-refractivity contribution < 1.29 is 8.42 Å². The van der Waals surface area contributed by atoms with Gasteiger partial charge in [0.2, 0.25) is 10.0 Å². The maximum absolute atomic E-state index is 12.7. The van der Waals surface area contributed by atoms with E-state index in [2.05, 4.69) is 31.1 Å². The molecule has 0 aliphatic carbocycles. The Morgan fingerprint density at radius 3 is 2.86 bits per heavy atom. The molecule has 1 aromatic heterocycles. The Kier molecular flexibility index (Phi) is 5.46. The van der Waals surface area contributed by atoms with Crippen LogP contribution in [0.3, 0.4) is 0 Å². The molecule has 0 amide bonds. The van der Waals surface area contributed by atoms with E-state index >= 15 is 0 Å². The fourth-order valence-corrected chi connectivity index (χ4v) is 4.12. The van der Waals surface area contributed by atoms with Gasteiger partial charge in [0.1, 0.15) is 0 Å². The molecule has 21 heavy (non-hydrogen) atoms. The molecule has 0 bridgehead atoms. The van der Waals surface area contributed by atoms with Gasteiger partial charge in [0.25, 0.3) is 0 Å². The van der Waals surface area contributed by atoms with Crippen molar-refractivity contribution in [1.29, 1.82) is 0 Å². The lowest BCUT2D eigenvalue weighted by Crippen LogP contribution is -2.31. The van der Waals surface area contributed by atoms with Crippen LogP contribution in [0.25, 0.3) is 0 Å². The monoisotopic (exact) mass is 313 g/mol. The van der Waals surface area contributed by atoms with Crippen molar-refractivity contribution in [2.24, 2.45) is 5.92 Å². The molecule has 2 rings (SSSR count). The molecule has 1 fully saturated rings. The third-order valence-corrected chi connectivity index (χ3v) is 5.91. The molecule has 120 valence electrons. The number of aromatic amines is 1. The molecule has 1 unspecified atom stereocenters. The highest BCUT2D eigenvalue weighted by atomic mass is 32.2. The van der Waals surface area contributed by atoms with E-state index in [-0.39, 0.29) is 0 Å². The molecular formula is C15H27N3O2S.